The summed E-state index contributed by atoms with van der Waals surface area (Å²) < 4.78 is 5.77. The van der Waals surface area contributed by atoms with Gasteiger partial charge < -0.3 is 14.7 Å². The van der Waals surface area contributed by atoms with Gasteiger partial charge in [-0.3, -0.25) is 9.69 Å². The van der Waals surface area contributed by atoms with Crippen molar-refractivity contribution >= 4 is 34.3 Å². The molecule has 0 unspecified atom stereocenters. The van der Waals surface area contributed by atoms with Gasteiger partial charge in [0.05, 0.1) is 31.3 Å². The minimum absolute atomic E-state index is 0.0566. The van der Waals surface area contributed by atoms with Crippen LogP contribution >= 0.6 is 11.6 Å². The van der Waals surface area contributed by atoms with Crippen molar-refractivity contribution in [2.24, 2.45) is 5.92 Å². The predicted molar refractivity (Wildman–Crippen MR) is 101 cm³/mol. The first-order valence-electron chi connectivity index (χ1n) is 8.85. The van der Waals surface area contributed by atoms with Crippen LogP contribution in [-0.2, 0) is 9.53 Å². The van der Waals surface area contributed by atoms with Gasteiger partial charge in [-0.1, -0.05) is 11.6 Å². The largest absolute Gasteiger partial charge is 0.480 e. The van der Waals surface area contributed by atoms with Gasteiger partial charge in [0.25, 0.3) is 0 Å². The normalized spacial score (nSPS) is 23.8. The minimum atomic E-state index is -0.791. The summed E-state index contributed by atoms with van der Waals surface area (Å²) in [6.07, 6.45) is 0. The Morgan fingerprint density at radius 2 is 2.15 bits per heavy atom. The highest BCUT2D eigenvalue weighted by Crippen LogP contribution is 2.28. The number of aryl methyl sites for hydroxylation is 1. The standard InChI is InChI=1S/C19H22ClN3O3/c1-12-4-18(21-17-3-2-14(20)5-16(12)17)23-7-13-6-22(9-19(24)25)15(8-23)11-26-10-13/h2-5,13,15H,6-11H2,1H3,(H,24,25)/t13-,15+/m1/s1. The maximum absolute atomic E-state index is 11.2. The highest BCUT2D eigenvalue weighted by molar-refractivity contribution is 6.31. The van der Waals surface area contributed by atoms with Gasteiger partial charge in [0, 0.05) is 36.0 Å². The molecule has 6 nitrogen and oxygen atoms in total. The van der Waals surface area contributed by atoms with E-state index in [4.69, 9.17) is 21.3 Å². The lowest BCUT2D eigenvalue weighted by molar-refractivity contribution is -0.138. The fraction of sp³-hybridized carbons (Fsp3) is 0.474. The van der Waals surface area contributed by atoms with Crippen LogP contribution in [0.5, 0.6) is 0 Å². The van der Waals surface area contributed by atoms with Gasteiger partial charge in [-0.05, 0) is 36.8 Å². The summed E-state index contributed by atoms with van der Waals surface area (Å²) in [4.78, 5) is 20.4. The Hall–Kier alpha value is -1.89. The van der Waals surface area contributed by atoms with Crippen molar-refractivity contribution in [3.63, 3.8) is 0 Å². The highest BCUT2D eigenvalue weighted by atomic mass is 35.5. The second-order valence-corrected chi connectivity index (χ2v) is 7.68. The molecule has 2 aromatic rings. The van der Waals surface area contributed by atoms with Crippen molar-refractivity contribution < 1.29 is 14.6 Å². The number of anilines is 1. The number of pyridine rings is 1. The lowest BCUT2D eigenvalue weighted by Gasteiger charge is -2.31. The molecule has 3 heterocycles. The zero-order valence-electron chi connectivity index (χ0n) is 14.7. The lowest BCUT2D eigenvalue weighted by atomic mass is 10.1. The molecular formula is C19H22ClN3O3. The fourth-order valence-corrected chi connectivity index (χ4v) is 4.17. The van der Waals surface area contributed by atoms with E-state index in [1.165, 1.54) is 0 Å². The highest BCUT2D eigenvalue weighted by Gasteiger charge is 2.34. The molecule has 1 aromatic heterocycles. The van der Waals surface area contributed by atoms with Crippen LogP contribution in [0, 0.1) is 12.8 Å². The van der Waals surface area contributed by atoms with E-state index in [2.05, 4.69) is 17.9 Å². The van der Waals surface area contributed by atoms with Crippen molar-refractivity contribution in [2.75, 3.05) is 44.3 Å². The monoisotopic (exact) mass is 375 g/mol. The number of carboxylic acid groups (broad SMARTS) is 1. The Bertz CT molecular complexity index is 844. The molecule has 2 atom stereocenters. The molecule has 1 N–H and O–H groups in total. The zero-order chi connectivity index (χ0) is 18.3. The van der Waals surface area contributed by atoms with Crippen molar-refractivity contribution in [3.05, 3.63) is 34.9 Å². The summed E-state index contributed by atoms with van der Waals surface area (Å²) in [5.74, 6) is 0.414. The SMILES string of the molecule is Cc1cc(N2C[C@@H]3COC[C@H](C2)N(CC(=O)O)C3)nc2ccc(Cl)cc12. The number of fused-ring (bicyclic) bond motifs is 4. The van der Waals surface area contributed by atoms with Crippen LogP contribution in [0.15, 0.2) is 24.3 Å². The third-order valence-electron chi connectivity index (χ3n) is 5.21. The molecule has 2 bridgehead atoms. The minimum Gasteiger partial charge on any atom is -0.480 e. The number of hydrogen-bond acceptors (Lipinski definition) is 5. The number of ether oxygens (including phenoxy) is 1. The van der Waals surface area contributed by atoms with Gasteiger partial charge in [0.1, 0.15) is 5.82 Å². The van der Waals surface area contributed by atoms with Gasteiger partial charge in [-0.25, -0.2) is 4.98 Å². The predicted octanol–water partition coefficient (Wildman–Crippen LogP) is 2.42. The van der Waals surface area contributed by atoms with Gasteiger partial charge >= 0.3 is 5.97 Å². The van der Waals surface area contributed by atoms with Crippen molar-refractivity contribution in [1.29, 1.82) is 0 Å². The van der Waals surface area contributed by atoms with E-state index in [0.717, 1.165) is 41.9 Å². The molecule has 0 aliphatic carbocycles. The van der Waals surface area contributed by atoms with Crippen LogP contribution in [0.25, 0.3) is 10.9 Å². The van der Waals surface area contributed by atoms with E-state index in [0.29, 0.717) is 18.2 Å². The van der Waals surface area contributed by atoms with Crippen LogP contribution in [-0.4, -0.2) is 66.4 Å². The molecule has 0 amide bonds. The van der Waals surface area contributed by atoms with E-state index in [9.17, 15) is 9.90 Å². The number of hydrogen-bond donors (Lipinski definition) is 1. The Morgan fingerprint density at radius 1 is 1.31 bits per heavy atom. The molecule has 0 saturated carbocycles. The van der Waals surface area contributed by atoms with E-state index in [-0.39, 0.29) is 18.5 Å². The summed E-state index contributed by atoms with van der Waals surface area (Å²) in [5, 5.41) is 11.0. The van der Waals surface area contributed by atoms with E-state index < -0.39 is 5.97 Å². The molecule has 2 aliphatic rings. The summed E-state index contributed by atoms with van der Waals surface area (Å²) in [7, 11) is 0. The molecule has 0 radical (unpaired) electrons. The molecule has 1 aromatic carbocycles. The van der Waals surface area contributed by atoms with Gasteiger partial charge in [0.2, 0.25) is 0 Å². The fourth-order valence-electron chi connectivity index (χ4n) is 3.99. The van der Waals surface area contributed by atoms with E-state index in [1.54, 1.807) is 0 Å². The summed E-state index contributed by atoms with van der Waals surface area (Å²) in [5.41, 5.74) is 2.07. The van der Waals surface area contributed by atoms with Crippen LogP contribution in [0.4, 0.5) is 5.82 Å². The Morgan fingerprint density at radius 3 is 2.96 bits per heavy atom. The van der Waals surface area contributed by atoms with Crippen LogP contribution < -0.4 is 4.90 Å². The number of benzene rings is 1. The third kappa shape index (κ3) is 3.49. The Balaban J connectivity index is 1.67. The number of aromatic nitrogens is 1. The first-order chi connectivity index (χ1) is 12.5. The Labute approximate surface area is 157 Å². The molecule has 138 valence electrons. The van der Waals surface area contributed by atoms with Gasteiger partial charge in [-0.2, -0.15) is 0 Å². The molecule has 26 heavy (non-hydrogen) atoms. The molecule has 2 fully saturated rings. The summed E-state index contributed by atoms with van der Waals surface area (Å²) in [6, 6.07) is 7.92. The number of carboxylic acids is 1. The zero-order valence-corrected chi connectivity index (χ0v) is 15.4. The number of nitrogens with zero attached hydrogens (tertiary/aromatic N) is 3. The summed E-state index contributed by atoms with van der Waals surface area (Å²) >= 11 is 6.12. The van der Waals surface area contributed by atoms with Gasteiger partial charge in [-0.15, -0.1) is 0 Å². The average molecular weight is 376 g/mol. The molecule has 2 saturated heterocycles. The summed E-state index contributed by atoms with van der Waals surface area (Å²) in [6.45, 7) is 5.63. The smallest absolute Gasteiger partial charge is 0.317 e. The Kier molecular flexibility index (Phi) is 4.73. The lowest BCUT2D eigenvalue weighted by Crippen LogP contribution is -2.45. The molecule has 7 heteroatoms. The van der Waals surface area contributed by atoms with Crippen molar-refractivity contribution in [3.8, 4) is 0 Å². The van der Waals surface area contributed by atoms with Crippen molar-refractivity contribution in [2.45, 2.75) is 13.0 Å². The molecule has 4 rings (SSSR count). The number of carbonyl (C=O) groups is 1. The second kappa shape index (κ2) is 7.02. The quantitative estimate of drug-likeness (QED) is 0.888. The van der Waals surface area contributed by atoms with Crippen LogP contribution in [0.1, 0.15) is 5.56 Å². The van der Waals surface area contributed by atoms with E-state index >= 15 is 0 Å². The van der Waals surface area contributed by atoms with Gasteiger partial charge in [0.15, 0.2) is 0 Å². The first-order valence-corrected chi connectivity index (χ1v) is 9.23. The third-order valence-corrected chi connectivity index (χ3v) is 5.44. The number of rotatable bonds is 3. The number of aliphatic carboxylic acids is 1. The maximum atomic E-state index is 11.2. The molecular weight excluding hydrogens is 354 g/mol. The van der Waals surface area contributed by atoms with Crippen LogP contribution in [0.3, 0.4) is 0 Å². The first kappa shape index (κ1) is 17.5. The average Bonchev–Trinajstić information content (AvgIpc) is 2.84. The van der Waals surface area contributed by atoms with Crippen molar-refractivity contribution in [1.82, 2.24) is 9.88 Å². The van der Waals surface area contributed by atoms with E-state index in [1.807, 2.05) is 23.1 Å². The molecule has 2 aliphatic heterocycles. The molecule has 0 spiro atoms. The topological polar surface area (TPSA) is 65.9 Å². The van der Waals surface area contributed by atoms with Crippen LogP contribution in [0.2, 0.25) is 5.02 Å². The second-order valence-electron chi connectivity index (χ2n) is 7.24. The number of halogens is 1. The maximum Gasteiger partial charge on any atom is 0.317 e.